The van der Waals surface area contributed by atoms with E-state index in [0.29, 0.717) is 5.82 Å². The Kier molecular flexibility index (Phi) is 3.09. The van der Waals surface area contributed by atoms with Crippen LogP contribution >= 0.6 is 0 Å². The predicted molar refractivity (Wildman–Crippen MR) is 54.4 cm³/mol. The van der Waals surface area contributed by atoms with Gasteiger partial charge < -0.3 is 10.0 Å². The molecule has 84 valence electrons. The lowest BCUT2D eigenvalue weighted by molar-refractivity contribution is 0.0362. The standard InChI is InChI=1S/C9H16N4O2/c1-6-10-7(12-11-6)8(14)13(4)5-9(2,3)15/h15H,5H2,1-4H3,(H,10,11,12). The zero-order valence-corrected chi connectivity index (χ0v) is 9.40. The Morgan fingerprint density at radius 3 is 2.60 bits per heavy atom. The maximum atomic E-state index is 11.7. The molecular weight excluding hydrogens is 196 g/mol. The van der Waals surface area contributed by atoms with Crippen molar-refractivity contribution in [1.82, 2.24) is 20.1 Å². The molecule has 6 nitrogen and oxygen atoms in total. The lowest BCUT2D eigenvalue weighted by Gasteiger charge is -2.24. The van der Waals surface area contributed by atoms with Gasteiger partial charge in [-0.15, -0.1) is 5.10 Å². The van der Waals surface area contributed by atoms with Gasteiger partial charge in [0.1, 0.15) is 5.82 Å². The molecule has 0 aromatic carbocycles. The summed E-state index contributed by atoms with van der Waals surface area (Å²) in [7, 11) is 1.60. The van der Waals surface area contributed by atoms with Crippen LogP contribution in [0.3, 0.4) is 0 Å². The number of hydrogen-bond acceptors (Lipinski definition) is 4. The minimum absolute atomic E-state index is 0.124. The lowest BCUT2D eigenvalue weighted by atomic mass is 10.1. The molecule has 0 saturated heterocycles. The molecule has 0 aliphatic heterocycles. The highest BCUT2D eigenvalue weighted by Crippen LogP contribution is 2.05. The smallest absolute Gasteiger partial charge is 0.293 e. The zero-order chi connectivity index (χ0) is 11.6. The molecule has 1 aromatic heterocycles. The normalized spacial score (nSPS) is 11.5. The van der Waals surface area contributed by atoms with Crippen LogP contribution in [0.25, 0.3) is 0 Å². The molecule has 0 radical (unpaired) electrons. The van der Waals surface area contributed by atoms with Crippen molar-refractivity contribution in [3.05, 3.63) is 11.6 Å². The number of nitrogens with one attached hydrogen (secondary N) is 1. The van der Waals surface area contributed by atoms with E-state index < -0.39 is 5.60 Å². The molecule has 0 aliphatic carbocycles. The van der Waals surface area contributed by atoms with E-state index in [-0.39, 0.29) is 18.3 Å². The van der Waals surface area contributed by atoms with Gasteiger partial charge in [-0.3, -0.25) is 9.89 Å². The number of likely N-dealkylation sites (N-methyl/N-ethyl adjacent to an activating group) is 1. The second-order valence-corrected chi connectivity index (χ2v) is 4.22. The second kappa shape index (κ2) is 3.98. The first-order valence-corrected chi connectivity index (χ1v) is 4.66. The number of amides is 1. The molecule has 6 heteroatoms. The number of rotatable bonds is 3. The van der Waals surface area contributed by atoms with Gasteiger partial charge in [-0.05, 0) is 20.8 Å². The largest absolute Gasteiger partial charge is 0.389 e. The van der Waals surface area contributed by atoms with E-state index in [1.54, 1.807) is 27.8 Å². The monoisotopic (exact) mass is 212 g/mol. The molecule has 15 heavy (non-hydrogen) atoms. The highest BCUT2D eigenvalue weighted by molar-refractivity contribution is 5.90. The van der Waals surface area contributed by atoms with Gasteiger partial charge in [-0.2, -0.15) is 0 Å². The highest BCUT2D eigenvalue weighted by atomic mass is 16.3. The van der Waals surface area contributed by atoms with Crippen molar-refractivity contribution in [1.29, 1.82) is 0 Å². The van der Waals surface area contributed by atoms with Crippen LogP contribution in [0.15, 0.2) is 0 Å². The average Bonchev–Trinajstić information content (AvgIpc) is 2.47. The Morgan fingerprint density at radius 1 is 1.60 bits per heavy atom. The SMILES string of the molecule is Cc1nc(C(=O)N(C)CC(C)(C)O)n[nH]1. The molecule has 1 rings (SSSR count). The molecule has 2 N–H and O–H groups in total. The second-order valence-electron chi connectivity index (χ2n) is 4.22. The molecule has 0 atom stereocenters. The number of H-pyrrole nitrogens is 1. The molecule has 0 aliphatic rings. The summed E-state index contributed by atoms with van der Waals surface area (Å²) < 4.78 is 0. The number of carbonyl (C=O) groups excluding carboxylic acids is 1. The summed E-state index contributed by atoms with van der Waals surface area (Å²) in [5, 5.41) is 15.9. The van der Waals surface area contributed by atoms with Gasteiger partial charge in [-0.1, -0.05) is 0 Å². The first-order chi connectivity index (χ1) is 6.79. The van der Waals surface area contributed by atoms with Gasteiger partial charge in [-0.25, -0.2) is 4.98 Å². The molecule has 1 amide bonds. The summed E-state index contributed by atoms with van der Waals surface area (Å²) >= 11 is 0. The van der Waals surface area contributed by atoms with E-state index in [1.165, 1.54) is 4.90 Å². The van der Waals surface area contributed by atoms with E-state index in [1.807, 2.05) is 0 Å². The molecule has 0 saturated carbocycles. The summed E-state index contributed by atoms with van der Waals surface area (Å²) in [5.41, 5.74) is -0.921. The van der Waals surface area contributed by atoms with Crippen LogP contribution in [0.2, 0.25) is 0 Å². The van der Waals surface area contributed by atoms with Crippen LogP contribution in [-0.4, -0.2) is 50.3 Å². The molecule has 1 aromatic rings. The van der Waals surface area contributed by atoms with Gasteiger partial charge >= 0.3 is 0 Å². The number of hydrogen-bond donors (Lipinski definition) is 2. The van der Waals surface area contributed by atoms with E-state index >= 15 is 0 Å². The van der Waals surface area contributed by atoms with E-state index in [2.05, 4.69) is 15.2 Å². The van der Waals surface area contributed by atoms with Crippen molar-refractivity contribution >= 4 is 5.91 Å². The summed E-state index contributed by atoms with van der Waals surface area (Å²) in [6, 6.07) is 0. The number of carbonyl (C=O) groups is 1. The Bertz CT molecular complexity index is 353. The molecule has 0 spiro atoms. The van der Waals surface area contributed by atoms with Crippen molar-refractivity contribution in [3.8, 4) is 0 Å². The van der Waals surface area contributed by atoms with Gasteiger partial charge in [0.05, 0.1) is 5.60 Å². The van der Waals surface area contributed by atoms with Gasteiger partial charge in [0.25, 0.3) is 5.91 Å². The van der Waals surface area contributed by atoms with Crippen molar-refractivity contribution in [3.63, 3.8) is 0 Å². The quantitative estimate of drug-likeness (QED) is 0.736. The van der Waals surface area contributed by atoms with Gasteiger partial charge in [0.15, 0.2) is 0 Å². The first-order valence-electron chi connectivity index (χ1n) is 4.66. The fourth-order valence-electron chi connectivity index (χ4n) is 1.26. The van der Waals surface area contributed by atoms with Crippen molar-refractivity contribution in [2.75, 3.05) is 13.6 Å². The van der Waals surface area contributed by atoms with Crippen molar-refractivity contribution < 1.29 is 9.90 Å². The van der Waals surface area contributed by atoms with Crippen molar-refractivity contribution in [2.24, 2.45) is 0 Å². The van der Waals surface area contributed by atoms with Crippen LogP contribution in [0.4, 0.5) is 0 Å². The Morgan fingerprint density at radius 2 is 2.20 bits per heavy atom. The van der Waals surface area contributed by atoms with Crippen LogP contribution < -0.4 is 0 Å². The molecular formula is C9H16N4O2. The van der Waals surface area contributed by atoms with Crippen LogP contribution in [-0.2, 0) is 0 Å². The van der Waals surface area contributed by atoms with Gasteiger partial charge in [0, 0.05) is 13.6 Å². The fraction of sp³-hybridized carbons (Fsp3) is 0.667. The third kappa shape index (κ3) is 3.32. The van der Waals surface area contributed by atoms with Crippen LogP contribution in [0, 0.1) is 6.92 Å². The lowest BCUT2D eigenvalue weighted by Crippen LogP contribution is -2.40. The van der Waals surface area contributed by atoms with Crippen LogP contribution in [0.1, 0.15) is 30.3 Å². The summed E-state index contributed by atoms with van der Waals surface area (Å²) in [6.07, 6.45) is 0. The number of aryl methyl sites for hydroxylation is 1. The van der Waals surface area contributed by atoms with E-state index in [4.69, 9.17) is 0 Å². The van der Waals surface area contributed by atoms with Crippen LogP contribution in [0.5, 0.6) is 0 Å². The Balaban J connectivity index is 2.69. The zero-order valence-electron chi connectivity index (χ0n) is 9.40. The Labute approximate surface area is 88.3 Å². The number of aromatic nitrogens is 3. The average molecular weight is 212 g/mol. The number of aliphatic hydroxyl groups is 1. The third-order valence-corrected chi connectivity index (χ3v) is 1.76. The molecule has 0 bridgehead atoms. The first kappa shape index (κ1) is 11.6. The summed E-state index contributed by atoms with van der Waals surface area (Å²) in [4.78, 5) is 17.0. The van der Waals surface area contributed by atoms with E-state index in [9.17, 15) is 9.90 Å². The minimum atomic E-state index is -0.921. The number of aromatic amines is 1. The summed E-state index contributed by atoms with van der Waals surface area (Å²) in [6.45, 7) is 5.24. The van der Waals surface area contributed by atoms with Crippen molar-refractivity contribution in [2.45, 2.75) is 26.4 Å². The highest BCUT2D eigenvalue weighted by Gasteiger charge is 2.22. The topological polar surface area (TPSA) is 82.1 Å². The number of nitrogens with zero attached hydrogens (tertiary/aromatic N) is 3. The van der Waals surface area contributed by atoms with Gasteiger partial charge in [0.2, 0.25) is 5.82 Å². The fourth-order valence-corrected chi connectivity index (χ4v) is 1.26. The summed E-state index contributed by atoms with van der Waals surface area (Å²) in [5.74, 6) is 0.413. The predicted octanol–water partition coefficient (Wildman–Crippen LogP) is -0.0440. The minimum Gasteiger partial charge on any atom is -0.389 e. The maximum Gasteiger partial charge on any atom is 0.293 e. The third-order valence-electron chi connectivity index (χ3n) is 1.76. The molecule has 0 fully saturated rings. The Hall–Kier alpha value is -1.43. The van der Waals surface area contributed by atoms with E-state index in [0.717, 1.165) is 0 Å². The maximum absolute atomic E-state index is 11.7. The molecule has 0 unspecified atom stereocenters. The molecule has 1 heterocycles.